The van der Waals surface area contributed by atoms with Crippen molar-refractivity contribution < 1.29 is 13.5 Å². The van der Waals surface area contributed by atoms with E-state index in [1.165, 1.54) is 6.07 Å². The molecular formula is C9H11ClO3S. The van der Waals surface area contributed by atoms with E-state index >= 15 is 0 Å². The molecule has 0 saturated heterocycles. The van der Waals surface area contributed by atoms with Crippen molar-refractivity contribution in [1.29, 1.82) is 0 Å². The van der Waals surface area contributed by atoms with Gasteiger partial charge < -0.3 is 5.11 Å². The van der Waals surface area contributed by atoms with Crippen molar-refractivity contribution in [3.63, 3.8) is 0 Å². The van der Waals surface area contributed by atoms with Gasteiger partial charge in [0.25, 0.3) is 0 Å². The Morgan fingerprint density at radius 2 is 2.07 bits per heavy atom. The van der Waals surface area contributed by atoms with Crippen LogP contribution in [0.15, 0.2) is 23.1 Å². The lowest BCUT2D eigenvalue weighted by Crippen LogP contribution is -2.04. The molecule has 0 atom stereocenters. The number of aliphatic hydroxyl groups excluding tert-OH is 1. The number of aliphatic hydroxyl groups is 1. The van der Waals surface area contributed by atoms with Crippen molar-refractivity contribution in [3.8, 4) is 0 Å². The van der Waals surface area contributed by atoms with Crippen LogP contribution in [0, 0.1) is 0 Å². The van der Waals surface area contributed by atoms with Crippen LogP contribution in [0.3, 0.4) is 0 Å². The second-order valence-electron chi connectivity index (χ2n) is 3.00. The molecule has 1 aromatic carbocycles. The zero-order valence-electron chi connectivity index (χ0n) is 7.70. The highest BCUT2D eigenvalue weighted by molar-refractivity contribution is 7.90. The summed E-state index contributed by atoms with van der Waals surface area (Å²) in [6.07, 6.45) is 1.44. The lowest BCUT2D eigenvalue weighted by atomic mass is 10.2. The second kappa shape index (κ2) is 4.29. The summed E-state index contributed by atoms with van der Waals surface area (Å²) in [4.78, 5) is 0.194. The van der Waals surface area contributed by atoms with Crippen LogP contribution >= 0.6 is 11.6 Å². The van der Waals surface area contributed by atoms with E-state index in [0.717, 1.165) is 6.26 Å². The maximum atomic E-state index is 11.3. The van der Waals surface area contributed by atoms with E-state index in [-0.39, 0.29) is 11.5 Å². The zero-order chi connectivity index (χ0) is 10.8. The first-order chi connectivity index (χ1) is 6.45. The number of halogens is 1. The fourth-order valence-corrected chi connectivity index (χ4v) is 2.42. The van der Waals surface area contributed by atoms with Gasteiger partial charge in [0.2, 0.25) is 0 Å². The van der Waals surface area contributed by atoms with Gasteiger partial charge in [0.1, 0.15) is 0 Å². The largest absolute Gasteiger partial charge is 0.396 e. The molecule has 5 heteroatoms. The number of rotatable bonds is 3. The van der Waals surface area contributed by atoms with Crippen LogP contribution in [-0.4, -0.2) is 26.4 Å². The summed E-state index contributed by atoms with van der Waals surface area (Å²) in [5.41, 5.74) is 0.597. The van der Waals surface area contributed by atoms with Crippen LogP contribution in [0.5, 0.6) is 0 Å². The van der Waals surface area contributed by atoms with Gasteiger partial charge in [0, 0.05) is 17.9 Å². The minimum Gasteiger partial charge on any atom is -0.396 e. The Kier molecular flexibility index (Phi) is 3.53. The Balaban J connectivity index is 3.30. The molecule has 0 saturated carbocycles. The maximum Gasteiger partial charge on any atom is 0.175 e. The average molecular weight is 235 g/mol. The molecule has 1 aromatic rings. The van der Waals surface area contributed by atoms with Gasteiger partial charge in [-0.15, -0.1) is 0 Å². The van der Waals surface area contributed by atoms with Crippen molar-refractivity contribution in [1.82, 2.24) is 0 Å². The molecule has 1 rings (SSSR count). The van der Waals surface area contributed by atoms with Crippen LogP contribution in [-0.2, 0) is 16.3 Å². The van der Waals surface area contributed by atoms with E-state index in [4.69, 9.17) is 16.7 Å². The molecule has 0 spiro atoms. The molecule has 0 aliphatic carbocycles. The molecule has 0 amide bonds. The first-order valence-electron chi connectivity index (χ1n) is 4.04. The molecule has 3 nitrogen and oxygen atoms in total. The summed E-state index contributed by atoms with van der Waals surface area (Å²) in [6, 6.07) is 4.64. The standard InChI is InChI=1S/C9H11ClO3S/c1-14(12,13)9-6-8(10)3-2-7(9)4-5-11/h2-3,6,11H,4-5H2,1H3. The Hall–Kier alpha value is -0.580. The van der Waals surface area contributed by atoms with Gasteiger partial charge in [-0.2, -0.15) is 0 Å². The normalized spacial score (nSPS) is 11.6. The van der Waals surface area contributed by atoms with E-state index in [9.17, 15) is 8.42 Å². The molecule has 0 radical (unpaired) electrons. The van der Waals surface area contributed by atoms with Crippen LogP contribution in [0.2, 0.25) is 5.02 Å². The Bertz CT molecular complexity index is 426. The predicted octanol–water partition coefficient (Wildman–Crippen LogP) is 1.28. The number of benzene rings is 1. The Morgan fingerprint density at radius 3 is 2.57 bits per heavy atom. The van der Waals surface area contributed by atoms with Gasteiger partial charge >= 0.3 is 0 Å². The topological polar surface area (TPSA) is 54.4 Å². The van der Waals surface area contributed by atoms with E-state index in [1.54, 1.807) is 12.1 Å². The third kappa shape index (κ3) is 2.70. The number of hydrogen-bond donors (Lipinski definition) is 1. The fourth-order valence-electron chi connectivity index (χ4n) is 1.20. The molecule has 0 unspecified atom stereocenters. The van der Waals surface area contributed by atoms with E-state index in [0.29, 0.717) is 17.0 Å². The van der Waals surface area contributed by atoms with Crippen molar-refractivity contribution in [2.45, 2.75) is 11.3 Å². The van der Waals surface area contributed by atoms with Gasteiger partial charge in [0.15, 0.2) is 9.84 Å². The van der Waals surface area contributed by atoms with Gasteiger partial charge in [-0.05, 0) is 24.1 Å². The number of hydrogen-bond acceptors (Lipinski definition) is 3. The molecule has 0 aliphatic heterocycles. The minimum absolute atomic E-state index is 0.0792. The highest BCUT2D eigenvalue weighted by atomic mass is 35.5. The lowest BCUT2D eigenvalue weighted by molar-refractivity contribution is 0.298. The predicted molar refractivity (Wildman–Crippen MR) is 55.4 cm³/mol. The Labute approximate surface area is 88.2 Å². The quantitative estimate of drug-likeness (QED) is 0.857. The summed E-state index contributed by atoms with van der Waals surface area (Å²) in [5, 5.41) is 9.13. The fraction of sp³-hybridized carbons (Fsp3) is 0.333. The van der Waals surface area contributed by atoms with Gasteiger partial charge in [-0.3, -0.25) is 0 Å². The van der Waals surface area contributed by atoms with Crippen molar-refractivity contribution in [2.75, 3.05) is 12.9 Å². The first kappa shape index (κ1) is 11.5. The van der Waals surface area contributed by atoms with Crippen molar-refractivity contribution in [3.05, 3.63) is 28.8 Å². The molecule has 0 aliphatic rings. The molecule has 0 heterocycles. The summed E-state index contributed by atoms with van der Waals surface area (Å²) in [6.45, 7) is -0.0792. The molecule has 0 aromatic heterocycles. The highest BCUT2D eigenvalue weighted by Crippen LogP contribution is 2.21. The summed E-state index contributed by atoms with van der Waals surface area (Å²) in [7, 11) is -3.27. The second-order valence-corrected chi connectivity index (χ2v) is 5.42. The Morgan fingerprint density at radius 1 is 1.43 bits per heavy atom. The van der Waals surface area contributed by atoms with E-state index in [1.807, 2.05) is 0 Å². The van der Waals surface area contributed by atoms with Gasteiger partial charge in [-0.1, -0.05) is 17.7 Å². The SMILES string of the molecule is CS(=O)(=O)c1cc(Cl)ccc1CCO. The summed E-state index contributed by atoms with van der Waals surface area (Å²) in [5.74, 6) is 0. The van der Waals surface area contributed by atoms with E-state index in [2.05, 4.69) is 0 Å². The van der Waals surface area contributed by atoms with Crippen LogP contribution in [0.4, 0.5) is 0 Å². The monoisotopic (exact) mass is 234 g/mol. The zero-order valence-corrected chi connectivity index (χ0v) is 9.27. The molecule has 14 heavy (non-hydrogen) atoms. The molecular weight excluding hydrogens is 224 g/mol. The van der Waals surface area contributed by atoms with Gasteiger partial charge in [-0.25, -0.2) is 8.42 Å². The summed E-state index contributed by atoms with van der Waals surface area (Å²) >= 11 is 5.70. The number of sulfone groups is 1. The van der Waals surface area contributed by atoms with E-state index < -0.39 is 9.84 Å². The molecule has 0 bridgehead atoms. The minimum atomic E-state index is -3.27. The average Bonchev–Trinajstić information content (AvgIpc) is 2.07. The lowest BCUT2D eigenvalue weighted by Gasteiger charge is -2.06. The smallest absolute Gasteiger partial charge is 0.175 e. The van der Waals surface area contributed by atoms with Crippen LogP contribution < -0.4 is 0 Å². The first-order valence-corrected chi connectivity index (χ1v) is 6.31. The molecule has 1 N–H and O–H groups in total. The molecule has 78 valence electrons. The molecule has 0 fully saturated rings. The summed E-state index contributed by atoms with van der Waals surface area (Å²) < 4.78 is 22.7. The van der Waals surface area contributed by atoms with Crippen molar-refractivity contribution in [2.24, 2.45) is 0 Å². The van der Waals surface area contributed by atoms with Gasteiger partial charge in [0.05, 0.1) is 4.90 Å². The highest BCUT2D eigenvalue weighted by Gasteiger charge is 2.13. The van der Waals surface area contributed by atoms with Crippen LogP contribution in [0.25, 0.3) is 0 Å². The third-order valence-electron chi connectivity index (χ3n) is 1.81. The maximum absolute atomic E-state index is 11.3. The van der Waals surface area contributed by atoms with Crippen molar-refractivity contribution >= 4 is 21.4 Å². The third-order valence-corrected chi connectivity index (χ3v) is 3.22. The van der Waals surface area contributed by atoms with Crippen LogP contribution in [0.1, 0.15) is 5.56 Å².